The maximum Gasteiger partial charge on any atom is 0.308 e. The summed E-state index contributed by atoms with van der Waals surface area (Å²) in [6.07, 6.45) is 8.34. The first-order valence-corrected chi connectivity index (χ1v) is 6.21. The summed E-state index contributed by atoms with van der Waals surface area (Å²) >= 11 is 0. The van der Waals surface area contributed by atoms with E-state index in [9.17, 15) is 4.79 Å². The molecule has 0 saturated carbocycles. The van der Waals surface area contributed by atoms with Crippen LogP contribution in [0.5, 0.6) is 11.5 Å². The first kappa shape index (κ1) is 11.8. The minimum Gasteiger partial charge on any atom is -0.481 e. The molecule has 0 fully saturated rings. The molecule has 0 radical (unpaired) electrons. The molecular formula is C16H14O3. The molecule has 3 heteroatoms. The van der Waals surface area contributed by atoms with Crippen LogP contribution in [0.2, 0.25) is 0 Å². The van der Waals surface area contributed by atoms with Gasteiger partial charge in [-0.05, 0) is 24.1 Å². The van der Waals surface area contributed by atoms with Crippen LogP contribution in [-0.2, 0) is 11.2 Å². The zero-order chi connectivity index (χ0) is 13.4. The summed E-state index contributed by atoms with van der Waals surface area (Å²) in [6.45, 7) is 5.15. The summed E-state index contributed by atoms with van der Waals surface area (Å²) in [6, 6.07) is 3.85. The Bertz CT molecular complexity index is 623. The number of allylic oxidation sites excluding steroid dienone is 3. The Morgan fingerprint density at radius 1 is 1.53 bits per heavy atom. The van der Waals surface area contributed by atoms with E-state index < -0.39 is 0 Å². The van der Waals surface area contributed by atoms with E-state index in [0.29, 0.717) is 12.2 Å². The fourth-order valence-electron chi connectivity index (χ4n) is 2.48. The van der Waals surface area contributed by atoms with E-state index in [1.165, 1.54) is 6.92 Å². The quantitative estimate of drug-likeness (QED) is 0.472. The molecule has 0 saturated heterocycles. The van der Waals surface area contributed by atoms with Gasteiger partial charge in [0.05, 0.1) is 5.56 Å². The van der Waals surface area contributed by atoms with Crippen molar-refractivity contribution in [2.45, 2.75) is 19.4 Å². The summed E-state index contributed by atoms with van der Waals surface area (Å²) in [4.78, 5) is 11.3. The Kier molecular flexibility index (Phi) is 2.75. The van der Waals surface area contributed by atoms with E-state index in [1.807, 2.05) is 30.4 Å². The molecule has 19 heavy (non-hydrogen) atoms. The first-order chi connectivity index (χ1) is 9.20. The summed E-state index contributed by atoms with van der Waals surface area (Å²) in [5.74, 6) is 1.04. The van der Waals surface area contributed by atoms with Crippen LogP contribution in [0.3, 0.4) is 0 Å². The predicted octanol–water partition coefficient (Wildman–Crippen LogP) is 3.05. The monoisotopic (exact) mass is 254 g/mol. The Morgan fingerprint density at radius 3 is 3.11 bits per heavy atom. The van der Waals surface area contributed by atoms with Gasteiger partial charge in [0.1, 0.15) is 17.6 Å². The van der Waals surface area contributed by atoms with E-state index in [4.69, 9.17) is 9.47 Å². The second-order valence-corrected chi connectivity index (χ2v) is 4.56. The van der Waals surface area contributed by atoms with Crippen LogP contribution in [-0.4, -0.2) is 12.1 Å². The van der Waals surface area contributed by atoms with E-state index in [0.717, 1.165) is 22.4 Å². The molecule has 1 unspecified atom stereocenters. The van der Waals surface area contributed by atoms with Gasteiger partial charge < -0.3 is 9.47 Å². The first-order valence-electron chi connectivity index (χ1n) is 6.21. The minimum atomic E-state index is -0.325. The number of ether oxygens (including phenoxy) is 2. The summed E-state index contributed by atoms with van der Waals surface area (Å²) < 4.78 is 11.2. The lowest BCUT2D eigenvalue weighted by molar-refractivity contribution is -0.131. The van der Waals surface area contributed by atoms with Crippen molar-refractivity contribution in [3.8, 4) is 11.5 Å². The van der Waals surface area contributed by atoms with Crippen molar-refractivity contribution in [1.82, 2.24) is 0 Å². The fourth-order valence-corrected chi connectivity index (χ4v) is 2.48. The summed E-state index contributed by atoms with van der Waals surface area (Å²) in [5.41, 5.74) is 2.89. The molecule has 0 amide bonds. The Labute approximate surface area is 111 Å². The van der Waals surface area contributed by atoms with Crippen molar-refractivity contribution in [1.29, 1.82) is 0 Å². The van der Waals surface area contributed by atoms with Crippen LogP contribution >= 0.6 is 0 Å². The second-order valence-electron chi connectivity index (χ2n) is 4.56. The van der Waals surface area contributed by atoms with E-state index >= 15 is 0 Å². The molecule has 1 aliphatic carbocycles. The number of carbonyl (C=O) groups is 1. The smallest absolute Gasteiger partial charge is 0.308 e. The average Bonchev–Trinajstić information content (AvgIpc) is 2.91. The summed E-state index contributed by atoms with van der Waals surface area (Å²) in [5, 5.41) is 0. The topological polar surface area (TPSA) is 35.5 Å². The van der Waals surface area contributed by atoms with Gasteiger partial charge in [0.2, 0.25) is 0 Å². The van der Waals surface area contributed by atoms with Gasteiger partial charge in [-0.3, -0.25) is 4.79 Å². The molecule has 0 N–H and O–H groups in total. The Hall–Kier alpha value is -2.29. The molecular weight excluding hydrogens is 240 g/mol. The van der Waals surface area contributed by atoms with Gasteiger partial charge in [-0.15, -0.1) is 6.58 Å². The molecule has 0 bridgehead atoms. The third kappa shape index (κ3) is 1.87. The van der Waals surface area contributed by atoms with Crippen molar-refractivity contribution in [3.05, 3.63) is 54.1 Å². The molecule has 0 aromatic heterocycles. The maximum absolute atomic E-state index is 11.3. The van der Waals surface area contributed by atoms with Gasteiger partial charge in [0.15, 0.2) is 0 Å². The molecule has 1 atom stereocenters. The third-order valence-corrected chi connectivity index (χ3v) is 3.22. The fraction of sp³-hybridized carbons (Fsp3) is 0.188. The van der Waals surface area contributed by atoms with Crippen LogP contribution in [0, 0.1) is 0 Å². The average molecular weight is 254 g/mol. The second kappa shape index (κ2) is 4.43. The molecule has 1 aromatic rings. The van der Waals surface area contributed by atoms with E-state index in [-0.39, 0.29) is 12.1 Å². The molecule has 2 aliphatic rings. The SMILES string of the molecule is C=CCc1ccc2c(c1OC(C)=O)C1=CC=CC1O2. The number of hydrogen-bond donors (Lipinski definition) is 0. The standard InChI is InChI=1S/C16H14O3/c1-3-5-11-8-9-14-15(16(11)18-10(2)17)12-6-4-7-13(12)19-14/h3-4,6-9,13H,1,5H2,2H3. The zero-order valence-corrected chi connectivity index (χ0v) is 10.7. The van der Waals surface area contributed by atoms with Crippen molar-refractivity contribution in [2.24, 2.45) is 0 Å². The number of esters is 1. The van der Waals surface area contributed by atoms with Crippen molar-refractivity contribution >= 4 is 11.5 Å². The van der Waals surface area contributed by atoms with Crippen LogP contribution in [0.1, 0.15) is 18.1 Å². The van der Waals surface area contributed by atoms with Gasteiger partial charge in [-0.1, -0.05) is 24.3 Å². The highest BCUT2D eigenvalue weighted by atomic mass is 16.5. The number of fused-ring (bicyclic) bond motifs is 3. The highest BCUT2D eigenvalue weighted by Crippen LogP contribution is 2.47. The molecule has 96 valence electrons. The molecule has 1 heterocycles. The van der Waals surface area contributed by atoms with Gasteiger partial charge in [0, 0.05) is 12.5 Å². The number of hydrogen-bond acceptors (Lipinski definition) is 3. The largest absolute Gasteiger partial charge is 0.481 e. The molecule has 1 aliphatic heterocycles. The Balaban J connectivity index is 2.15. The maximum atomic E-state index is 11.3. The van der Waals surface area contributed by atoms with Gasteiger partial charge in [-0.2, -0.15) is 0 Å². The van der Waals surface area contributed by atoms with Crippen molar-refractivity contribution in [3.63, 3.8) is 0 Å². The highest BCUT2D eigenvalue weighted by molar-refractivity contribution is 5.87. The van der Waals surface area contributed by atoms with Gasteiger partial charge >= 0.3 is 5.97 Å². The van der Waals surface area contributed by atoms with Gasteiger partial charge in [0.25, 0.3) is 0 Å². The van der Waals surface area contributed by atoms with E-state index in [2.05, 4.69) is 6.58 Å². The van der Waals surface area contributed by atoms with Crippen LogP contribution < -0.4 is 9.47 Å². The van der Waals surface area contributed by atoms with Crippen molar-refractivity contribution < 1.29 is 14.3 Å². The molecule has 0 spiro atoms. The minimum absolute atomic E-state index is 0.0525. The van der Waals surface area contributed by atoms with Gasteiger partial charge in [-0.25, -0.2) is 0 Å². The predicted molar refractivity (Wildman–Crippen MR) is 73.2 cm³/mol. The molecule has 3 rings (SSSR count). The number of rotatable bonds is 3. The number of benzene rings is 1. The Morgan fingerprint density at radius 2 is 2.37 bits per heavy atom. The molecule has 1 aromatic carbocycles. The van der Waals surface area contributed by atoms with Crippen LogP contribution in [0.4, 0.5) is 0 Å². The number of carbonyl (C=O) groups excluding carboxylic acids is 1. The van der Waals surface area contributed by atoms with Crippen molar-refractivity contribution in [2.75, 3.05) is 0 Å². The lowest BCUT2D eigenvalue weighted by Gasteiger charge is -2.12. The normalized spacial score (nSPS) is 18.4. The lowest BCUT2D eigenvalue weighted by atomic mass is 9.99. The van der Waals surface area contributed by atoms with E-state index in [1.54, 1.807) is 6.08 Å². The third-order valence-electron chi connectivity index (χ3n) is 3.22. The molecule has 3 nitrogen and oxygen atoms in total. The van der Waals surface area contributed by atoms with Crippen LogP contribution in [0.25, 0.3) is 5.57 Å². The zero-order valence-electron chi connectivity index (χ0n) is 10.7. The highest BCUT2D eigenvalue weighted by Gasteiger charge is 2.33. The summed E-state index contributed by atoms with van der Waals surface area (Å²) in [7, 11) is 0. The lowest BCUT2D eigenvalue weighted by Crippen LogP contribution is -2.06. The van der Waals surface area contributed by atoms with Crippen LogP contribution in [0.15, 0.2) is 43.0 Å².